The molecule has 1 aromatic rings. The van der Waals surface area contributed by atoms with Gasteiger partial charge in [-0.3, -0.25) is 9.59 Å². The summed E-state index contributed by atoms with van der Waals surface area (Å²) in [4.78, 5) is 23.7. The van der Waals surface area contributed by atoms with Crippen LogP contribution in [-0.4, -0.2) is 35.9 Å². The average molecular weight is 319 g/mol. The Labute approximate surface area is 134 Å². The maximum absolute atomic E-state index is 12.1. The molecule has 0 saturated carbocycles. The van der Waals surface area contributed by atoms with Gasteiger partial charge < -0.3 is 16.0 Å². The number of anilines is 2. The molecule has 1 unspecified atom stereocenters. The molecule has 2 amide bonds. The highest BCUT2D eigenvalue weighted by Gasteiger charge is 2.17. The van der Waals surface area contributed by atoms with Gasteiger partial charge in [0.1, 0.15) is 0 Å². The van der Waals surface area contributed by atoms with E-state index in [1.54, 1.807) is 0 Å². The lowest BCUT2D eigenvalue weighted by molar-refractivity contribution is -0.117. The van der Waals surface area contributed by atoms with E-state index in [0.717, 1.165) is 47.8 Å². The third-order valence-electron chi connectivity index (χ3n) is 3.94. The SMILES string of the molecule is O=C(CC1CSCCN1)Nc1ccc2c(c1)CCCC(=O)N2. The quantitative estimate of drug-likeness (QED) is 0.797. The fourth-order valence-electron chi connectivity index (χ4n) is 2.84. The van der Waals surface area contributed by atoms with Crippen LogP contribution in [0.3, 0.4) is 0 Å². The second-order valence-electron chi connectivity index (χ2n) is 5.75. The molecule has 6 heteroatoms. The highest BCUT2D eigenvalue weighted by molar-refractivity contribution is 7.99. The first-order chi connectivity index (χ1) is 10.7. The summed E-state index contributed by atoms with van der Waals surface area (Å²) in [5, 5.41) is 9.24. The minimum Gasteiger partial charge on any atom is -0.326 e. The molecule has 0 spiro atoms. The zero-order valence-electron chi connectivity index (χ0n) is 12.5. The molecule has 3 N–H and O–H groups in total. The fraction of sp³-hybridized carbons (Fsp3) is 0.500. The van der Waals surface area contributed by atoms with Crippen molar-refractivity contribution in [2.75, 3.05) is 28.7 Å². The third-order valence-corrected chi connectivity index (χ3v) is 5.07. The summed E-state index contributed by atoms with van der Waals surface area (Å²) in [5.74, 6) is 2.21. The predicted molar refractivity (Wildman–Crippen MR) is 90.4 cm³/mol. The number of rotatable bonds is 3. The van der Waals surface area contributed by atoms with Crippen LogP contribution in [0.5, 0.6) is 0 Å². The van der Waals surface area contributed by atoms with Crippen molar-refractivity contribution in [3.05, 3.63) is 23.8 Å². The molecule has 3 rings (SSSR count). The molecule has 0 aromatic heterocycles. The molecule has 0 aliphatic carbocycles. The third kappa shape index (κ3) is 4.01. The smallest absolute Gasteiger partial charge is 0.225 e. The van der Waals surface area contributed by atoms with Crippen LogP contribution in [0.4, 0.5) is 11.4 Å². The van der Waals surface area contributed by atoms with Crippen molar-refractivity contribution in [2.45, 2.75) is 31.7 Å². The minimum absolute atomic E-state index is 0.0395. The highest BCUT2D eigenvalue weighted by Crippen LogP contribution is 2.25. The van der Waals surface area contributed by atoms with Crippen LogP contribution in [0, 0.1) is 0 Å². The van der Waals surface area contributed by atoms with Crippen LogP contribution in [0.15, 0.2) is 18.2 Å². The molecule has 22 heavy (non-hydrogen) atoms. The zero-order valence-corrected chi connectivity index (χ0v) is 13.3. The summed E-state index contributed by atoms with van der Waals surface area (Å²) in [6.07, 6.45) is 2.76. The van der Waals surface area contributed by atoms with E-state index < -0.39 is 0 Å². The Morgan fingerprint density at radius 2 is 2.27 bits per heavy atom. The number of benzene rings is 1. The van der Waals surface area contributed by atoms with Crippen LogP contribution in [0.1, 0.15) is 24.8 Å². The Morgan fingerprint density at radius 1 is 1.36 bits per heavy atom. The number of amides is 2. The maximum Gasteiger partial charge on any atom is 0.225 e. The lowest BCUT2D eigenvalue weighted by atomic mass is 10.1. The van der Waals surface area contributed by atoms with Gasteiger partial charge in [-0.25, -0.2) is 0 Å². The minimum atomic E-state index is 0.0395. The van der Waals surface area contributed by atoms with E-state index in [0.29, 0.717) is 12.8 Å². The topological polar surface area (TPSA) is 70.2 Å². The molecule has 1 atom stereocenters. The van der Waals surface area contributed by atoms with Crippen LogP contribution >= 0.6 is 11.8 Å². The molecule has 1 saturated heterocycles. The van der Waals surface area contributed by atoms with Crippen LogP contribution in [0.25, 0.3) is 0 Å². The van der Waals surface area contributed by atoms with Crippen molar-refractivity contribution in [1.29, 1.82) is 0 Å². The molecule has 0 radical (unpaired) electrons. The average Bonchev–Trinajstić information content (AvgIpc) is 2.68. The van der Waals surface area contributed by atoms with Gasteiger partial charge in [-0.2, -0.15) is 11.8 Å². The molecule has 1 aromatic carbocycles. The second kappa shape index (κ2) is 7.15. The summed E-state index contributed by atoms with van der Waals surface area (Å²) in [7, 11) is 0. The summed E-state index contributed by atoms with van der Waals surface area (Å²) in [6, 6.07) is 5.97. The number of thioether (sulfide) groups is 1. The van der Waals surface area contributed by atoms with E-state index in [4.69, 9.17) is 0 Å². The van der Waals surface area contributed by atoms with Gasteiger partial charge in [0.05, 0.1) is 0 Å². The normalized spacial score (nSPS) is 21.5. The second-order valence-corrected chi connectivity index (χ2v) is 6.90. The van der Waals surface area contributed by atoms with Crippen LogP contribution in [-0.2, 0) is 16.0 Å². The number of hydrogen-bond donors (Lipinski definition) is 3. The van der Waals surface area contributed by atoms with Crippen molar-refractivity contribution < 1.29 is 9.59 Å². The monoisotopic (exact) mass is 319 g/mol. The van der Waals surface area contributed by atoms with E-state index >= 15 is 0 Å². The van der Waals surface area contributed by atoms with Gasteiger partial charge in [0, 0.05) is 48.3 Å². The standard InChI is InChI=1S/C16H21N3O2S/c20-15-3-1-2-11-8-12(4-5-14(11)19-15)18-16(21)9-13-10-22-7-6-17-13/h4-5,8,13,17H,1-3,6-7,9-10H2,(H,18,21)(H,19,20). The molecule has 5 nitrogen and oxygen atoms in total. The Hall–Kier alpha value is -1.53. The lowest BCUT2D eigenvalue weighted by Gasteiger charge is -2.22. The van der Waals surface area contributed by atoms with E-state index in [2.05, 4.69) is 16.0 Å². The van der Waals surface area contributed by atoms with E-state index in [9.17, 15) is 9.59 Å². The highest BCUT2D eigenvalue weighted by atomic mass is 32.2. The van der Waals surface area contributed by atoms with Crippen molar-refractivity contribution in [2.24, 2.45) is 0 Å². The Kier molecular flexibility index (Phi) is 5.00. The molecule has 0 bridgehead atoms. The van der Waals surface area contributed by atoms with E-state index in [-0.39, 0.29) is 17.9 Å². The maximum atomic E-state index is 12.1. The number of fused-ring (bicyclic) bond motifs is 1. The Morgan fingerprint density at radius 3 is 3.09 bits per heavy atom. The molecule has 2 aliphatic heterocycles. The summed E-state index contributed by atoms with van der Waals surface area (Å²) in [6.45, 7) is 0.973. The summed E-state index contributed by atoms with van der Waals surface area (Å²) < 4.78 is 0. The van der Waals surface area contributed by atoms with E-state index in [1.165, 1.54) is 0 Å². The number of carbonyl (C=O) groups excluding carboxylic acids is 2. The largest absolute Gasteiger partial charge is 0.326 e. The summed E-state index contributed by atoms with van der Waals surface area (Å²) >= 11 is 1.89. The molecular formula is C16H21N3O2S. The van der Waals surface area contributed by atoms with Gasteiger partial charge >= 0.3 is 0 Å². The number of aryl methyl sites for hydroxylation is 1. The number of nitrogens with one attached hydrogen (secondary N) is 3. The number of hydrogen-bond acceptors (Lipinski definition) is 4. The van der Waals surface area contributed by atoms with Crippen LogP contribution < -0.4 is 16.0 Å². The lowest BCUT2D eigenvalue weighted by Crippen LogP contribution is -2.39. The number of carbonyl (C=O) groups is 2. The van der Waals surface area contributed by atoms with Gasteiger partial charge in [-0.1, -0.05) is 0 Å². The van der Waals surface area contributed by atoms with Crippen molar-refractivity contribution in [1.82, 2.24) is 5.32 Å². The van der Waals surface area contributed by atoms with Crippen molar-refractivity contribution in [3.8, 4) is 0 Å². The molecule has 2 aliphatic rings. The zero-order chi connectivity index (χ0) is 15.4. The van der Waals surface area contributed by atoms with Crippen molar-refractivity contribution in [3.63, 3.8) is 0 Å². The predicted octanol–water partition coefficient (Wildman–Crippen LogP) is 1.99. The fourth-order valence-corrected chi connectivity index (χ4v) is 3.79. The Bertz CT molecular complexity index is 571. The van der Waals surface area contributed by atoms with Crippen LogP contribution in [0.2, 0.25) is 0 Å². The van der Waals surface area contributed by atoms with Gasteiger partial charge in [0.15, 0.2) is 0 Å². The van der Waals surface area contributed by atoms with Gasteiger partial charge in [-0.05, 0) is 36.6 Å². The first kappa shape index (κ1) is 15.4. The first-order valence-corrected chi connectivity index (χ1v) is 8.90. The summed E-state index contributed by atoms with van der Waals surface area (Å²) in [5.41, 5.74) is 2.77. The molecule has 2 heterocycles. The first-order valence-electron chi connectivity index (χ1n) is 7.74. The van der Waals surface area contributed by atoms with Gasteiger partial charge in [0.25, 0.3) is 0 Å². The molecule has 118 valence electrons. The van der Waals surface area contributed by atoms with E-state index in [1.807, 2.05) is 30.0 Å². The van der Waals surface area contributed by atoms with Crippen molar-refractivity contribution >= 4 is 35.0 Å². The van der Waals surface area contributed by atoms with Gasteiger partial charge in [0.2, 0.25) is 11.8 Å². The Balaban J connectivity index is 1.61. The van der Waals surface area contributed by atoms with Gasteiger partial charge in [-0.15, -0.1) is 0 Å². The molecular weight excluding hydrogens is 298 g/mol. The molecule has 1 fully saturated rings.